The van der Waals surface area contributed by atoms with Gasteiger partial charge in [0.25, 0.3) is 0 Å². The number of benzene rings is 1. The van der Waals surface area contributed by atoms with Gasteiger partial charge < -0.3 is 4.43 Å². The van der Waals surface area contributed by atoms with E-state index in [1.54, 1.807) is 6.07 Å². The first kappa shape index (κ1) is 15.2. The molecule has 0 aliphatic heterocycles. The molecular formula is C14H18ClFOSi. The van der Waals surface area contributed by atoms with E-state index < -0.39 is 19.7 Å². The number of hydrogen-bond acceptors (Lipinski definition) is 1. The van der Waals surface area contributed by atoms with Crippen LogP contribution in [0.5, 0.6) is 0 Å². The van der Waals surface area contributed by atoms with Crippen LogP contribution in [0.3, 0.4) is 0 Å². The van der Waals surface area contributed by atoms with Crippen LogP contribution in [-0.4, -0.2) is 13.9 Å². The molecule has 1 nitrogen and oxygen atoms in total. The van der Waals surface area contributed by atoms with Crippen LogP contribution in [0.15, 0.2) is 18.2 Å². The predicted molar refractivity (Wildman–Crippen MR) is 76.8 cm³/mol. The van der Waals surface area contributed by atoms with Crippen LogP contribution in [0.25, 0.3) is 0 Å². The maximum atomic E-state index is 13.0. The van der Waals surface area contributed by atoms with Crippen molar-refractivity contribution in [2.45, 2.75) is 39.1 Å². The lowest BCUT2D eigenvalue weighted by molar-refractivity contribution is 0.164. The van der Waals surface area contributed by atoms with Gasteiger partial charge in [0.15, 0.2) is 8.32 Å². The lowest BCUT2D eigenvalue weighted by Gasteiger charge is -2.28. The van der Waals surface area contributed by atoms with Gasteiger partial charge in [0, 0.05) is 5.56 Å². The molecule has 0 spiro atoms. The third kappa shape index (κ3) is 5.22. The summed E-state index contributed by atoms with van der Waals surface area (Å²) in [7, 11) is -1.64. The highest BCUT2D eigenvalue weighted by Crippen LogP contribution is 2.18. The predicted octanol–water partition coefficient (Wildman–Crippen LogP) is 4.46. The van der Waals surface area contributed by atoms with Crippen molar-refractivity contribution < 1.29 is 8.82 Å². The van der Waals surface area contributed by atoms with Crippen molar-refractivity contribution in [3.05, 3.63) is 34.6 Å². The van der Waals surface area contributed by atoms with Crippen LogP contribution in [0, 0.1) is 17.7 Å². The molecule has 0 aliphatic carbocycles. The molecule has 1 aromatic carbocycles. The van der Waals surface area contributed by atoms with Gasteiger partial charge in [-0.25, -0.2) is 4.39 Å². The lowest BCUT2D eigenvalue weighted by atomic mass is 10.1. The minimum Gasteiger partial charge on any atom is -0.402 e. The smallest absolute Gasteiger partial charge is 0.185 e. The summed E-state index contributed by atoms with van der Waals surface area (Å²) in [6.45, 7) is 10.2. The molecule has 1 aromatic rings. The summed E-state index contributed by atoms with van der Waals surface area (Å²) in [5.74, 6) is 5.60. The average Bonchev–Trinajstić information content (AvgIpc) is 2.16. The van der Waals surface area contributed by atoms with Gasteiger partial charge in [0.05, 0.1) is 5.02 Å². The van der Waals surface area contributed by atoms with E-state index in [9.17, 15) is 4.39 Å². The largest absolute Gasteiger partial charge is 0.402 e. The zero-order valence-electron chi connectivity index (χ0n) is 11.4. The zero-order chi connectivity index (χ0) is 14.0. The molecule has 0 amide bonds. The Morgan fingerprint density at radius 2 is 1.89 bits per heavy atom. The van der Waals surface area contributed by atoms with E-state index in [1.165, 1.54) is 12.1 Å². The Bertz CT molecular complexity index is 495. The molecule has 18 heavy (non-hydrogen) atoms. The molecule has 0 atom stereocenters. The fourth-order valence-electron chi connectivity index (χ4n) is 1.59. The molecule has 0 unspecified atom stereocenters. The second-order valence-corrected chi connectivity index (χ2v) is 10.4. The molecule has 0 fully saturated rings. The molecule has 4 heteroatoms. The van der Waals surface area contributed by atoms with Gasteiger partial charge in [-0.2, -0.15) is 0 Å². The Morgan fingerprint density at radius 1 is 1.28 bits per heavy atom. The summed E-state index contributed by atoms with van der Waals surface area (Å²) in [6.07, 6.45) is 0. The van der Waals surface area contributed by atoms with Gasteiger partial charge >= 0.3 is 0 Å². The maximum absolute atomic E-state index is 13.0. The average molecular weight is 285 g/mol. The Balaban J connectivity index is 2.90. The van der Waals surface area contributed by atoms with Crippen molar-refractivity contribution in [1.29, 1.82) is 0 Å². The van der Waals surface area contributed by atoms with Crippen molar-refractivity contribution in [3.8, 4) is 11.8 Å². The minimum atomic E-state index is -1.64. The molecule has 0 radical (unpaired) electrons. The SMILES string of the molecule is CC(C)(C#Cc1ccc(F)c(Cl)c1)O[Si](C)(C)C. The first-order valence-electron chi connectivity index (χ1n) is 5.77. The molecule has 0 aromatic heterocycles. The van der Waals surface area contributed by atoms with Crippen LogP contribution in [0.4, 0.5) is 4.39 Å². The molecule has 98 valence electrons. The number of rotatable bonds is 2. The second-order valence-electron chi connectivity index (χ2n) is 5.60. The van der Waals surface area contributed by atoms with Crippen molar-refractivity contribution in [2.75, 3.05) is 0 Å². The van der Waals surface area contributed by atoms with Gasteiger partial charge in [-0.05, 0) is 51.7 Å². The number of hydrogen-bond donors (Lipinski definition) is 0. The summed E-state index contributed by atoms with van der Waals surface area (Å²) in [5.41, 5.74) is 0.180. The molecule has 0 aliphatic rings. The van der Waals surface area contributed by atoms with E-state index in [-0.39, 0.29) is 5.02 Å². The second kappa shape index (κ2) is 5.44. The zero-order valence-corrected chi connectivity index (χ0v) is 13.2. The van der Waals surface area contributed by atoms with Crippen LogP contribution < -0.4 is 0 Å². The summed E-state index contributed by atoms with van der Waals surface area (Å²) < 4.78 is 19.0. The van der Waals surface area contributed by atoms with Crippen LogP contribution in [0.2, 0.25) is 24.7 Å². The molecule has 0 heterocycles. The highest BCUT2D eigenvalue weighted by atomic mass is 35.5. The third-order valence-electron chi connectivity index (χ3n) is 1.99. The first-order chi connectivity index (χ1) is 8.09. The monoisotopic (exact) mass is 284 g/mol. The van der Waals surface area contributed by atoms with E-state index in [1.807, 2.05) is 13.8 Å². The fraction of sp³-hybridized carbons (Fsp3) is 0.429. The summed E-state index contributed by atoms with van der Waals surface area (Å²) >= 11 is 5.70. The lowest BCUT2D eigenvalue weighted by Crippen LogP contribution is -2.37. The maximum Gasteiger partial charge on any atom is 0.185 e. The molecular weight excluding hydrogens is 267 g/mol. The Kier molecular flexibility index (Phi) is 4.60. The number of halogens is 2. The van der Waals surface area contributed by atoms with E-state index in [2.05, 4.69) is 31.5 Å². The quantitative estimate of drug-likeness (QED) is 0.575. The van der Waals surface area contributed by atoms with Gasteiger partial charge in [-0.15, -0.1) is 0 Å². The third-order valence-corrected chi connectivity index (χ3v) is 3.40. The molecule has 0 N–H and O–H groups in total. The van der Waals surface area contributed by atoms with Gasteiger partial charge in [0.1, 0.15) is 11.4 Å². The van der Waals surface area contributed by atoms with Crippen LogP contribution in [-0.2, 0) is 4.43 Å². The molecule has 1 rings (SSSR count). The van der Waals surface area contributed by atoms with Gasteiger partial charge in [-0.3, -0.25) is 0 Å². The van der Waals surface area contributed by atoms with E-state index in [0.717, 1.165) is 0 Å². The highest BCUT2D eigenvalue weighted by molar-refractivity contribution is 6.69. The topological polar surface area (TPSA) is 9.23 Å². The van der Waals surface area contributed by atoms with Crippen LogP contribution >= 0.6 is 11.6 Å². The minimum absolute atomic E-state index is 0.0886. The van der Waals surface area contributed by atoms with E-state index in [4.69, 9.17) is 16.0 Å². The van der Waals surface area contributed by atoms with Crippen molar-refractivity contribution in [1.82, 2.24) is 0 Å². The molecule has 0 bridgehead atoms. The van der Waals surface area contributed by atoms with Crippen molar-refractivity contribution >= 4 is 19.9 Å². The Labute approximate surface area is 114 Å². The van der Waals surface area contributed by atoms with Gasteiger partial charge in [0.2, 0.25) is 0 Å². The fourth-order valence-corrected chi connectivity index (χ4v) is 3.35. The Hall–Kier alpha value is -0.823. The van der Waals surface area contributed by atoms with Gasteiger partial charge in [-0.1, -0.05) is 23.4 Å². The summed E-state index contributed by atoms with van der Waals surface area (Å²) in [5, 5.41) is 0.0886. The standard InChI is InChI=1S/C14H18ClFOSi/c1-14(2,17-18(3,4)5)9-8-11-6-7-13(16)12(15)10-11/h6-7,10H,1-5H3. The first-order valence-corrected chi connectivity index (χ1v) is 9.56. The van der Waals surface area contributed by atoms with E-state index >= 15 is 0 Å². The molecule has 0 saturated heterocycles. The summed E-state index contributed by atoms with van der Waals surface area (Å²) in [6, 6.07) is 4.45. The summed E-state index contributed by atoms with van der Waals surface area (Å²) in [4.78, 5) is 0. The Morgan fingerprint density at radius 3 is 2.39 bits per heavy atom. The van der Waals surface area contributed by atoms with Crippen molar-refractivity contribution in [2.24, 2.45) is 0 Å². The van der Waals surface area contributed by atoms with Crippen molar-refractivity contribution in [3.63, 3.8) is 0 Å². The normalized spacial score (nSPS) is 11.9. The van der Waals surface area contributed by atoms with Crippen LogP contribution in [0.1, 0.15) is 19.4 Å². The molecule has 0 saturated carbocycles. The highest BCUT2D eigenvalue weighted by Gasteiger charge is 2.25. The van der Waals surface area contributed by atoms with E-state index in [0.29, 0.717) is 5.56 Å².